The third kappa shape index (κ3) is 3.72. The topological polar surface area (TPSA) is 13.1 Å². The molecule has 8 aromatic carbocycles. The van der Waals surface area contributed by atoms with Gasteiger partial charge in [-0.3, -0.25) is 0 Å². The first-order chi connectivity index (χ1) is 32.2. The summed E-state index contributed by atoms with van der Waals surface area (Å²) in [6.45, 7) is 0. The number of rotatable bonds is 3. The van der Waals surface area contributed by atoms with Crippen LogP contribution in [0.5, 0.6) is 0 Å². The molecule has 0 unspecified atom stereocenters. The van der Waals surface area contributed by atoms with E-state index in [0.29, 0.717) is 0 Å². The average Bonchev–Trinajstić information content (AvgIpc) is 3.72. The molecule has 0 bridgehead atoms. The van der Waals surface area contributed by atoms with Gasteiger partial charge >= 0.3 is 0 Å². The number of para-hydroxylation sites is 1. The number of furan rings is 1. The van der Waals surface area contributed by atoms with Crippen molar-refractivity contribution in [1.82, 2.24) is 0 Å². The number of hydrogen-bond acceptors (Lipinski definition) is 1. The second-order valence-electron chi connectivity index (χ2n) is 9.26. The second kappa shape index (κ2) is 9.44. The van der Waals surface area contributed by atoms with Crippen LogP contribution >= 0.6 is 0 Å². The van der Waals surface area contributed by atoms with Crippen LogP contribution in [0.15, 0.2) is 162 Å². The average molecular weight is 573 g/mol. The van der Waals surface area contributed by atoms with E-state index in [1.165, 1.54) is 0 Å². The fourth-order valence-electron chi connectivity index (χ4n) is 5.14. The summed E-state index contributed by atoms with van der Waals surface area (Å²) in [6.07, 6.45) is 0. The Morgan fingerprint density at radius 2 is 0.907 bits per heavy atom. The molecule has 200 valence electrons. The maximum Gasteiger partial charge on any atom is 0.136 e. The van der Waals surface area contributed by atoms with Gasteiger partial charge in [-0.2, -0.15) is 0 Å². The first-order valence-electron chi connectivity index (χ1n) is 25.7. The highest BCUT2D eigenvalue weighted by atomic mass is 16.3. The highest BCUT2D eigenvalue weighted by molar-refractivity contribution is 6.25. The third-order valence-corrected chi connectivity index (χ3v) is 6.95. The summed E-state index contributed by atoms with van der Waals surface area (Å²) < 4.78 is 237. The summed E-state index contributed by atoms with van der Waals surface area (Å²) in [6, 6.07) is -23.5. The molecule has 9 aromatic rings. The molecule has 43 heavy (non-hydrogen) atoms. The minimum Gasteiger partial charge on any atom is -0.456 e. The van der Waals surface area contributed by atoms with E-state index in [2.05, 4.69) is 0 Å². The molecule has 0 spiro atoms. The summed E-state index contributed by atoms with van der Waals surface area (Å²) in [5.41, 5.74) is -5.57. The standard InChI is InChI=1S/C42H26O/c1-2-11-30-26-31(25-22-27(30)10-1)28-20-23-29(24-21-28)40-32-12-3-5-14-34(32)41(35-15-6-4-13-33(35)40)37-17-9-19-39-42(37)36-16-7-8-18-38(36)43-39/h1-26H/i1D,2D,3D,4D,5D,6D,7D,8D,9D,10D,11D,12D,13D,14D,15D,16D,17D,18D,19D,20D,21D,22D,23D,24D,25D,26D. The molecule has 1 aromatic heterocycles. The number of benzene rings is 8. The monoisotopic (exact) mass is 572 g/mol. The van der Waals surface area contributed by atoms with E-state index in [0.717, 1.165) is 0 Å². The van der Waals surface area contributed by atoms with Gasteiger partial charge in [-0.1, -0.05) is 139 Å². The first kappa shape index (κ1) is 9.69. The van der Waals surface area contributed by atoms with Gasteiger partial charge in [-0.05, 0) is 83.8 Å². The van der Waals surface area contributed by atoms with Crippen molar-refractivity contribution in [3.63, 3.8) is 0 Å². The van der Waals surface area contributed by atoms with Gasteiger partial charge in [-0.25, -0.2) is 0 Å². The smallest absolute Gasteiger partial charge is 0.136 e. The van der Waals surface area contributed by atoms with Crippen LogP contribution in [0.2, 0.25) is 0 Å². The van der Waals surface area contributed by atoms with Crippen molar-refractivity contribution in [2.24, 2.45) is 0 Å². The Morgan fingerprint density at radius 3 is 1.63 bits per heavy atom. The molecule has 0 radical (unpaired) electrons. The molecule has 1 nitrogen and oxygen atoms in total. The van der Waals surface area contributed by atoms with Crippen molar-refractivity contribution in [2.45, 2.75) is 0 Å². The minimum atomic E-state index is -1.08. The molecule has 0 aliphatic heterocycles. The lowest BCUT2D eigenvalue weighted by Gasteiger charge is -2.18. The molecule has 0 fully saturated rings. The normalized spacial score (nSPS) is 20.2. The van der Waals surface area contributed by atoms with Crippen molar-refractivity contribution in [2.75, 3.05) is 0 Å². The molecule has 0 saturated carbocycles. The van der Waals surface area contributed by atoms with Crippen LogP contribution in [0.4, 0.5) is 0 Å². The Morgan fingerprint density at radius 1 is 0.372 bits per heavy atom. The molecule has 0 amide bonds. The lowest BCUT2D eigenvalue weighted by molar-refractivity contribution is 0.669. The van der Waals surface area contributed by atoms with Crippen molar-refractivity contribution < 1.29 is 40.1 Å². The van der Waals surface area contributed by atoms with Gasteiger partial charge in [0.25, 0.3) is 0 Å². The lowest BCUT2D eigenvalue weighted by atomic mass is 9.84. The zero-order valence-corrected chi connectivity index (χ0v) is 21.4. The number of fused-ring (bicyclic) bond motifs is 6. The summed E-state index contributed by atoms with van der Waals surface area (Å²) >= 11 is 0. The summed E-state index contributed by atoms with van der Waals surface area (Å²) in [7, 11) is 0. The highest BCUT2D eigenvalue weighted by Gasteiger charge is 2.20. The van der Waals surface area contributed by atoms with E-state index in [1.54, 1.807) is 0 Å². The van der Waals surface area contributed by atoms with Gasteiger partial charge in [0.2, 0.25) is 0 Å². The molecule has 0 N–H and O–H groups in total. The van der Waals surface area contributed by atoms with Crippen molar-refractivity contribution in [3.05, 3.63) is 157 Å². The quantitative estimate of drug-likeness (QED) is 0.192. The van der Waals surface area contributed by atoms with Gasteiger partial charge in [-0.15, -0.1) is 0 Å². The van der Waals surface area contributed by atoms with Gasteiger partial charge in [0.1, 0.15) is 11.2 Å². The van der Waals surface area contributed by atoms with Gasteiger partial charge in [0, 0.05) is 10.8 Å². The number of hydrogen-bond donors (Lipinski definition) is 0. The van der Waals surface area contributed by atoms with Gasteiger partial charge in [0.05, 0.1) is 35.6 Å². The van der Waals surface area contributed by atoms with Crippen LogP contribution in [0, 0.1) is 0 Å². The van der Waals surface area contributed by atoms with E-state index < -0.39 is 245 Å². The SMILES string of the molecule is [2H]c1c([2H])c(-c2c3c([2H])c([2H])c([2H])c([2H])c3c(-c3c([2H])c([2H])c([2H])c4oc5c([2H])c([2H])c([2H])c([2H])c5c34)c3c([2H])c([2H])c([2H])c([2H])c23)c([2H])c([2H])c1-c1c([2H])c([2H])c2c([2H])c([2H])c([2H])c([2H])c2c1[2H]. The second-order valence-corrected chi connectivity index (χ2v) is 9.26. The highest BCUT2D eigenvalue weighted by Crippen LogP contribution is 2.46. The van der Waals surface area contributed by atoms with Crippen LogP contribution in [0.25, 0.3) is 87.6 Å². The minimum absolute atomic E-state index is 0.460. The summed E-state index contributed by atoms with van der Waals surface area (Å²) in [4.78, 5) is 0. The predicted octanol–water partition coefficient (Wildman–Crippen LogP) is 12.0. The van der Waals surface area contributed by atoms with E-state index in [-0.39, 0.29) is 0 Å². The van der Waals surface area contributed by atoms with Crippen molar-refractivity contribution in [1.29, 1.82) is 0 Å². The molecule has 1 heteroatoms. The fourth-order valence-corrected chi connectivity index (χ4v) is 5.14. The lowest BCUT2D eigenvalue weighted by Crippen LogP contribution is -1.91. The van der Waals surface area contributed by atoms with Crippen molar-refractivity contribution in [3.8, 4) is 33.4 Å². The van der Waals surface area contributed by atoms with Crippen molar-refractivity contribution >= 4 is 54.3 Å². The third-order valence-electron chi connectivity index (χ3n) is 6.95. The summed E-state index contributed by atoms with van der Waals surface area (Å²) in [5.74, 6) is 0. The molecule has 0 atom stereocenters. The zero-order valence-electron chi connectivity index (χ0n) is 47.4. The van der Waals surface area contributed by atoms with Crippen LogP contribution in [0.1, 0.15) is 35.6 Å². The van der Waals surface area contributed by atoms with E-state index in [1.807, 2.05) is 0 Å². The zero-order chi connectivity index (χ0) is 51.0. The Labute approximate surface area is 285 Å². The molecular formula is C42H26O. The van der Waals surface area contributed by atoms with E-state index in [9.17, 15) is 12.3 Å². The fraction of sp³-hybridized carbons (Fsp3) is 0. The molecule has 0 aliphatic carbocycles. The molecule has 1 heterocycles. The predicted molar refractivity (Wildman–Crippen MR) is 183 cm³/mol. The molecule has 9 rings (SSSR count). The van der Waals surface area contributed by atoms with Crippen LogP contribution in [-0.4, -0.2) is 0 Å². The first-order valence-corrected chi connectivity index (χ1v) is 12.7. The molecule has 0 saturated heterocycles. The maximum absolute atomic E-state index is 9.48. The molecular weight excluding hydrogens is 520 g/mol. The Balaban J connectivity index is 1.57. The largest absolute Gasteiger partial charge is 0.456 e. The molecule has 0 aliphatic rings. The maximum atomic E-state index is 9.48. The van der Waals surface area contributed by atoms with Crippen LogP contribution in [0.3, 0.4) is 0 Å². The van der Waals surface area contributed by atoms with E-state index >= 15 is 0 Å². The Kier molecular flexibility index (Phi) is 2.13. The van der Waals surface area contributed by atoms with Crippen LogP contribution in [-0.2, 0) is 0 Å². The van der Waals surface area contributed by atoms with Gasteiger partial charge < -0.3 is 4.42 Å². The summed E-state index contributed by atoms with van der Waals surface area (Å²) in [5, 5.41) is -4.86. The van der Waals surface area contributed by atoms with Gasteiger partial charge in [0.15, 0.2) is 0 Å². The van der Waals surface area contributed by atoms with Crippen LogP contribution < -0.4 is 0 Å². The Bertz CT molecular complexity index is 3860. The van der Waals surface area contributed by atoms with E-state index in [4.69, 9.17) is 27.7 Å². The Hall–Kier alpha value is -5.66.